The lowest BCUT2D eigenvalue weighted by Gasteiger charge is -2.05. The average molecular weight is 263 g/mol. The molecule has 1 aromatic rings. The summed E-state index contributed by atoms with van der Waals surface area (Å²) in [5.41, 5.74) is 1.58. The van der Waals surface area contributed by atoms with Crippen molar-refractivity contribution in [2.75, 3.05) is 11.9 Å². The van der Waals surface area contributed by atoms with E-state index in [1.807, 2.05) is 13.0 Å². The maximum atomic E-state index is 11.4. The molecule has 1 aromatic carbocycles. The summed E-state index contributed by atoms with van der Waals surface area (Å²) >= 11 is 0. The van der Waals surface area contributed by atoms with Gasteiger partial charge in [-0.05, 0) is 24.6 Å². The second-order valence-corrected chi connectivity index (χ2v) is 3.70. The molecule has 19 heavy (non-hydrogen) atoms. The van der Waals surface area contributed by atoms with E-state index < -0.39 is 24.5 Å². The van der Waals surface area contributed by atoms with Gasteiger partial charge in [-0.15, -0.1) is 0 Å². The lowest BCUT2D eigenvalue weighted by molar-refractivity contribution is -0.142. The van der Waals surface area contributed by atoms with Gasteiger partial charge < -0.3 is 15.2 Å². The topological polar surface area (TPSA) is 92.7 Å². The number of rotatable bonds is 5. The Labute approximate surface area is 109 Å². The fourth-order valence-corrected chi connectivity index (χ4v) is 1.24. The van der Waals surface area contributed by atoms with Crippen molar-refractivity contribution in [2.45, 2.75) is 6.92 Å². The summed E-state index contributed by atoms with van der Waals surface area (Å²) in [6.07, 6.45) is 1.38. The number of hydrogen-bond acceptors (Lipinski definition) is 4. The highest BCUT2D eigenvalue weighted by Gasteiger charge is 2.06. The van der Waals surface area contributed by atoms with Crippen molar-refractivity contribution in [3.05, 3.63) is 42.0 Å². The fraction of sp³-hybridized carbons (Fsp3) is 0.154. The molecule has 1 rings (SSSR count). The summed E-state index contributed by atoms with van der Waals surface area (Å²) < 4.78 is 4.56. The highest BCUT2D eigenvalue weighted by atomic mass is 16.5. The van der Waals surface area contributed by atoms with Gasteiger partial charge in [-0.1, -0.05) is 12.1 Å². The first-order valence-corrected chi connectivity index (χ1v) is 5.41. The molecule has 0 fully saturated rings. The Hall–Kier alpha value is -2.63. The van der Waals surface area contributed by atoms with Crippen LogP contribution in [0.1, 0.15) is 5.56 Å². The predicted octanol–water partition coefficient (Wildman–Crippen LogP) is 1.12. The first-order valence-electron chi connectivity index (χ1n) is 5.41. The lowest BCUT2D eigenvalue weighted by atomic mass is 10.2. The van der Waals surface area contributed by atoms with Crippen molar-refractivity contribution in [3.63, 3.8) is 0 Å². The lowest BCUT2D eigenvalue weighted by Crippen LogP contribution is -2.20. The predicted molar refractivity (Wildman–Crippen MR) is 67.5 cm³/mol. The number of anilines is 1. The molecule has 1 amide bonds. The Morgan fingerprint density at radius 1 is 1.32 bits per heavy atom. The molecular weight excluding hydrogens is 250 g/mol. The molecule has 0 saturated heterocycles. The van der Waals surface area contributed by atoms with Crippen LogP contribution in [0, 0.1) is 6.92 Å². The zero-order valence-corrected chi connectivity index (χ0v) is 10.3. The molecule has 0 aliphatic heterocycles. The minimum atomic E-state index is -1.26. The van der Waals surface area contributed by atoms with Gasteiger partial charge in [0.25, 0.3) is 5.91 Å². The number of benzene rings is 1. The van der Waals surface area contributed by atoms with E-state index >= 15 is 0 Å². The minimum Gasteiger partial charge on any atom is -0.478 e. The Balaban J connectivity index is 2.40. The molecule has 0 bridgehead atoms. The third-order valence-electron chi connectivity index (χ3n) is 2.01. The van der Waals surface area contributed by atoms with Crippen molar-refractivity contribution in [1.29, 1.82) is 0 Å². The maximum Gasteiger partial charge on any atom is 0.331 e. The molecule has 0 aliphatic carbocycles. The van der Waals surface area contributed by atoms with Gasteiger partial charge in [-0.2, -0.15) is 0 Å². The van der Waals surface area contributed by atoms with Crippen LogP contribution in [0.4, 0.5) is 5.69 Å². The number of amides is 1. The second kappa shape index (κ2) is 6.95. The molecule has 0 aliphatic rings. The zero-order chi connectivity index (χ0) is 14.3. The highest BCUT2D eigenvalue weighted by molar-refractivity contribution is 5.95. The van der Waals surface area contributed by atoms with E-state index in [-0.39, 0.29) is 0 Å². The standard InChI is InChI=1S/C13H13NO5/c1-9-3-2-4-10(7-9)14-11(15)8-19-13(18)6-5-12(16)17/h2-7H,8H2,1H3,(H,14,15)(H,16,17)/b6-5+. The van der Waals surface area contributed by atoms with Crippen molar-refractivity contribution < 1.29 is 24.2 Å². The van der Waals surface area contributed by atoms with E-state index in [0.29, 0.717) is 11.8 Å². The number of esters is 1. The Kier molecular flexibility index (Phi) is 5.28. The van der Waals surface area contributed by atoms with Gasteiger partial charge in [-0.3, -0.25) is 4.79 Å². The van der Waals surface area contributed by atoms with Gasteiger partial charge in [-0.25, -0.2) is 9.59 Å². The molecule has 0 spiro atoms. The summed E-state index contributed by atoms with van der Waals surface area (Å²) in [6, 6.07) is 7.14. The van der Waals surface area contributed by atoms with Crippen molar-refractivity contribution in [2.24, 2.45) is 0 Å². The quantitative estimate of drug-likeness (QED) is 0.613. The van der Waals surface area contributed by atoms with E-state index in [0.717, 1.165) is 11.6 Å². The van der Waals surface area contributed by atoms with Crippen LogP contribution in [0.3, 0.4) is 0 Å². The van der Waals surface area contributed by atoms with Gasteiger partial charge in [0, 0.05) is 17.8 Å². The number of nitrogens with one attached hydrogen (secondary N) is 1. The number of carbonyl (C=O) groups is 3. The molecule has 100 valence electrons. The van der Waals surface area contributed by atoms with Crippen LogP contribution in [-0.4, -0.2) is 29.6 Å². The van der Waals surface area contributed by atoms with Gasteiger partial charge in [0.15, 0.2) is 6.61 Å². The van der Waals surface area contributed by atoms with Gasteiger partial charge >= 0.3 is 11.9 Å². The molecule has 0 saturated carbocycles. The molecule has 0 aromatic heterocycles. The number of carbonyl (C=O) groups excluding carboxylic acids is 2. The summed E-state index contributed by atoms with van der Waals surface area (Å²) in [5.74, 6) is -2.65. The SMILES string of the molecule is Cc1cccc(NC(=O)COC(=O)/C=C/C(=O)O)c1. The summed E-state index contributed by atoms with van der Waals surface area (Å²) in [5, 5.41) is 10.8. The van der Waals surface area contributed by atoms with Crippen molar-refractivity contribution in [1.82, 2.24) is 0 Å². The van der Waals surface area contributed by atoms with Gasteiger partial charge in [0.1, 0.15) is 0 Å². The molecule has 0 heterocycles. The summed E-state index contributed by atoms with van der Waals surface area (Å²) in [6.45, 7) is 1.41. The number of aryl methyl sites for hydroxylation is 1. The number of carboxylic acids is 1. The largest absolute Gasteiger partial charge is 0.478 e. The second-order valence-electron chi connectivity index (χ2n) is 3.70. The van der Waals surface area contributed by atoms with E-state index in [1.165, 1.54) is 0 Å². The smallest absolute Gasteiger partial charge is 0.331 e. The Morgan fingerprint density at radius 2 is 2.05 bits per heavy atom. The van der Waals surface area contributed by atoms with E-state index in [2.05, 4.69) is 10.1 Å². The van der Waals surface area contributed by atoms with E-state index in [1.54, 1.807) is 18.2 Å². The van der Waals surface area contributed by atoms with Crippen LogP contribution in [-0.2, 0) is 19.1 Å². The van der Waals surface area contributed by atoms with Crippen LogP contribution in [0.15, 0.2) is 36.4 Å². The van der Waals surface area contributed by atoms with Crippen LogP contribution in [0.5, 0.6) is 0 Å². The molecule has 6 nitrogen and oxygen atoms in total. The average Bonchev–Trinajstić information content (AvgIpc) is 2.34. The van der Waals surface area contributed by atoms with Crippen LogP contribution < -0.4 is 5.32 Å². The first-order chi connectivity index (χ1) is 8.97. The van der Waals surface area contributed by atoms with E-state index in [4.69, 9.17) is 5.11 Å². The van der Waals surface area contributed by atoms with Crippen LogP contribution in [0.25, 0.3) is 0 Å². The number of carboxylic acid groups (broad SMARTS) is 1. The van der Waals surface area contributed by atoms with Crippen molar-refractivity contribution in [3.8, 4) is 0 Å². The molecule has 0 unspecified atom stereocenters. The third-order valence-corrected chi connectivity index (χ3v) is 2.01. The monoisotopic (exact) mass is 263 g/mol. The highest BCUT2D eigenvalue weighted by Crippen LogP contribution is 2.09. The number of ether oxygens (including phenoxy) is 1. The Bertz CT molecular complexity index is 522. The first kappa shape index (κ1) is 14.4. The van der Waals surface area contributed by atoms with Crippen LogP contribution in [0.2, 0.25) is 0 Å². The molecular formula is C13H13NO5. The van der Waals surface area contributed by atoms with Crippen LogP contribution >= 0.6 is 0 Å². The molecule has 6 heteroatoms. The number of hydrogen-bond donors (Lipinski definition) is 2. The molecule has 0 atom stereocenters. The minimum absolute atomic E-state index is 0.475. The van der Waals surface area contributed by atoms with Crippen molar-refractivity contribution >= 4 is 23.5 Å². The Morgan fingerprint density at radius 3 is 2.68 bits per heavy atom. The van der Waals surface area contributed by atoms with Gasteiger partial charge in [0.2, 0.25) is 0 Å². The fourth-order valence-electron chi connectivity index (χ4n) is 1.24. The molecule has 2 N–H and O–H groups in total. The normalized spacial score (nSPS) is 10.2. The summed E-state index contributed by atoms with van der Waals surface area (Å²) in [4.78, 5) is 32.6. The van der Waals surface area contributed by atoms with E-state index in [9.17, 15) is 14.4 Å². The molecule has 0 radical (unpaired) electrons. The number of aliphatic carboxylic acids is 1. The maximum absolute atomic E-state index is 11.4. The zero-order valence-electron chi connectivity index (χ0n) is 10.3. The third kappa shape index (κ3) is 6.02. The van der Waals surface area contributed by atoms with Gasteiger partial charge in [0.05, 0.1) is 0 Å². The summed E-state index contributed by atoms with van der Waals surface area (Å²) in [7, 11) is 0.